The van der Waals surface area contributed by atoms with Gasteiger partial charge in [-0.3, -0.25) is 19.7 Å². The minimum atomic E-state index is -0.978. The molecule has 1 saturated heterocycles. The molecule has 3 N–H and O–H groups in total. The number of amides is 2. The van der Waals surface area contributed by atoms with Crippen LogP contribution in [0.2, 0.25) is 0 Å². The van der Waals surface area contributed by atoms with Gasteiger partial charge >= 0.3 is 5.97 Å². The molecule has 1 fully saturated rings. The van der Waals surface area contributed by atoms with Gasteiger partial charge in [-0.2, -0.15) is 0 Å². The van der Waals surface area contributed by atoms with Crippen molar-refractivity contribution in [3.8, 4) is 0 Å². The molecule has 3 atom stereocenters. The molecule has 194 valence electrons. The van der Waals surface area contributed by atoms with Gasteiger partial charge in [-0.15, -0.1) is 0 Å². The zero-order valence-corrected chi connectivity index (χ0v) is 21.2. The van der Waals surface area contributed by atoms with Gasteiger partial charge in [0.05, 0.1) is 6.10 Å². The molecule has 0 radical (unpaired) electrons. The van der Waals surface area contributed by atoms with Gasteiger partial charge in [0, 0.05) is 38.4 Å². The Bertz CT molecular complexity index is 853. The van der Waals surface area contributed by atoms with Crippen molar-refractivity contribution in [2.75, 3.05) is 7.11 Å². The van der Waals surface area contributed by atoms with Crippen molar-refractivity contribution in [2.24, 2.45) is 11.8 Å². The number of aliphatic hydroxyl groups excluding tert-OH is 1. The van der Waals surface area contributed by atoms with Crippen LogP contribution < -0.4 is 5.32 Å². The molecular weight excluding hydrogens is 450 g/mol. The maximum absolute atomic E-state index is 12.5. The van der Waals surface area contributed by atoms with Crippen molar-refractivity contribution in [1.29, 1.82) is 0 Å². The summed E-state index contributed by atoms with van der Waals surface area (Å²) in [5.41, 5.74) is 1.48. The van der Waals surface area contributed by atoms with E-state index in [2.05, 4.69) is 5.32 Å². The molecule has 0 bridgehead atoms. The SMILES string of the molecule is COC(C=CCCC=CC(=O)O)C(O)C(C)C=C(C)C=C(C)C(=O)CCCC1CC(=O)NC(=O)C1. The minimum Gasteiger partial charge on any atom is -0.478 e. The topological polar surface area (TPSA) is 130 Å². The summed E-state index contributed by atoms with van der Waals surface area (Å²) in [7, 11) is 1.52. The monoisotopic (exact) mass is 489 g/mol. The fourth-order valence-electron chi connectivity index (χ4n) is 4.03. The van der Waals surface area contributed by atoms with E-state index in [9.17, 15) is 24.3 Å². The van der Waals surface area contributed by atoms with Crippen LogP contribution in [0.1, 0.15) is 65.7 Å². The molecule has 3 unspecified atom stereocenters. The first kappa shape index (κ1) is 30.2. The second kappa shape index (κ2) is 15.9. The third-order valence-electron chi connectivity index (χ3n) is 5.89. The largest absolute Gasteiger partial charge is 0.478 e. The van der Waals surface area contributed by atoms with E-state index in [1.807, 2.05) is 26.0 Å². The lowest BCUT2D eigenvalue weighted by atomic mass is 9.90. The number of imide groups is 1. The predicted octanol–water partition coefficient (Wildman–Crippen LogP) is 3.66. The summed E-state index contributed by atoms with van der Waals surface area (Å²) < 4.78 is 5.39. The van der Waals surface area contributed by atoms with Crippen LogP contribution in [0.3, 0.4) is 0 Å². The molecule has 8 heteroatoms. The number of aliphatic carboxylic acids is 1. The fraction of sp³-hybridized carbons (Fsp3) is 0.556. The van der Waals surface area contributed by atoms with Crippen LogP contribution in [0.4, 0.5) is 0 Å². The molecule has 1 aliphatic rings. The van der Waals surface area contributed by atoms with Crippen molar-refractivity contribution >= 4 is 23.6 Å². The van der Waals surface area contributed by atoms with Crippen molar-refractivity contribution < 1.29 is 34.1 Å². The highest BCUT2D eigenvalue weighted by molar-refractivity contribution is 5.97. The Labute approximate surface area is 207 Å². The minimum absolute atomic E-state index is 0.00120. The number of carbonyl (C=O) groups is 4. The van der Waals surface area contributed by atoms with E-state index in [4.69, 9.17) is 9.84 Å². The average Bonchev–Trinajstić information content (AvgIpc) is 2.77. The summed E-state index contributed by atoms with van der Waals surface area (Å²) in [6.45, 7) is 5.51. The summed E-state index contributed by atoms with van der Waals surface area (Å²) in [4.78, 5) is 45.9. The van der Waals surface area contributed by atoms with Crippen LogP contribution in [-0.4, -0.2) is 53.1 Å². The second-order valence-corrected chi connectivity index (χ2v) is 9.10. The highest BCUT2D eigenvalue weighted by Gasteiger charge is 2.24. The van der Waals surface area contributed by atoms with E-state index >= 15 is 0 Å². The van der Waals surface area contributed by atoms with E-state index in [0.29, 0.717) is 50.5 Å². The van der Waals surface area contributed by atoms with Crippen molar-refractivity contribution in [2.45, 2.75) is 77.9 Å². The number of nitrogens with one attached hydrogen (secondary N) is 1. The van der Waals surface area contributed by atoms with Gasteiger partial charge in [-0.05, 0) is 51.0 Å². The number of carboxylic acid groups (broad SMARTS) is 1. The number of piperidine rings is 1. The summed E-state index contributed by atoms with van der Waals surface area (Å²) in [6, 6.07) is 0. The Balaban J connectivity index is 2.56. The second-order valence-electron chi connectivity index (χ2n) is 9.10. The number of hydrogen-bond acceptors (Lipinski definition) is 6. The van der Waals surface area contributed by atoms with Crippen LogP contribution in [0.15, 0.2) is 47.6 Å². The Kier molecular flexibility index (Phi) is 13.8. The van der Waals surface area contributed by atoms with Gasteiger partial charge in [0.25, 0.3) is 0 Å². The maximum Gasteiger partial charge on any atom is 0.327 e. The van der Waals surface area contributed by atoms with E-state index in [0.717, 1.165) is 11.6 Å². The van der Waals surface area contributed by atoms with E-state index in [1.54, 1.807) is 25.2 Å². The average molecular weight is 490 g/mol. The number of ketones is 1. The lowest BCUT2D eigenvalue weighted by Crippen LogP contribution is -2.38. The van der Waals surface area contributed by atoms with Gasteiger partial charge in [-0.1, -0.05) is 42.9 Å². The van der Waals surface area contributed by atoms with Crippen LogP contribution in [0, 0.1) is 11.8 Å². The Morgan fingerprint density at radius 3 is 2.37 bits per heavy atom. The number of unbranched alkanes of at least 4 members (excludes halogenated alkanes) is 1. The number of Topliss-reactive ketones (excluding diaryl/α,β-unsaturated/α-hetero) is 1. The first-order valence-corrected chi connectivity index (χ1v) is 12.0. The molecule has 0 aromatic heterocycles. The highest BCUT2D eigenvalue weighted by Crippen LogP contribution is 2.21. The summed E-state index contributed by atoms with van der Waals surface area (Å²) in [5, 5.41) is 21.5. The first-order valence-electron chi connectivity index (χ1n) is 12.0. The zero-order valence-electron chi connectivity index (χ0n) is 21.2. The molecule has 2 amide bonds. The van der Waals surface area contributed by atoms with Crippen molar-refractivity contribution in [3.05, 3.63) is 47.6 Å². The number of ether oxygens (including phenoxy) is 1. The maximum atomic E-state index is 12.5. The van der Waals surface area contributed by atoms with Gasteiger partial charge in [0.15, 0.2) is 5.78 Å². The molecule has 0 aliphatic carbocycles. The lowest BCUT2D eigenvalue weighted by Gasteiger charge is -2.23. The summed E-state index contributed by atoms with van der Waals surface area (Å²) >= 11 is 0. The van der Waals surface area contributed by atoms with Crippen LogP contribution >= 0.6 is 0 Å². The molecule has 8 nitrogen and oxygen atoms in total. The number of rotatable bonds is 15. The number of hydrogen-bond donors (Lipinski definition) is 3. The summed E-state index contributed by atoms with van der Waals surface area (Å²) in [6.07, 6.45) is 12.2. The molecule has 0 spiro atoms. The van der Waals surface area contributed by atoms with E-state index in [1.165, 1.54) is 7.11 Å². The van der Waals surface area contributed by atoms with Crippen LogP contribution in [0.25, 0.3) is 0 Å². The van der Waals surface area contributed by atoms with E-state index < -0.39 is 18.2 Å². The van der Waals surface area contributed by atoms with Gasteiger partial charge < -0.3 is 14.9 Å². The first-order chi connectivity index (χ1) is 16.5. The van der Waals surface area contributed by atoms with Crippen molar-refractivity contribution in [3.63, 3.8) is 0 Å². The molecule has 0 aromatic rings. The smallest absolute Gasteiger partial charge is 0.327 e. The standard InChI is InChI=1S/C27H39NO7/c1-18(14-19(2)22(29)11-9-10-21-16-24(30)28-25(31)17-21)15-20(3)27(34)23(35-4)12-7-5-6-8-13-26(32)33/h7-8,12-15,20-21,23,27,34H,5-6,9-11,16-17H2,1-4H3,(H,32,33)(H,28,30,31). The molecule has 0 aromatic carbocycles. The third kappa shape index (κ3) is 12.4. The molecule has 1 rings (SSSR count). The molecular formula is C27H39NO7. The number of methoxy groups -OCH3 is 1. The third-order valence-corrected chi connectivity index (χ3v) is 5.89. The number of carbonyl (C=O) groups excluding carboxylic acids is 3. The van der Waals surface area contributed by atoms with Gasteiger partial charge in [-0.25, -0.2) is 4.79 Å². The van der Waals surface area contributed by atoms with Gasteiger partial charge in [0.1, 0.15) is 6.10 Å². The molecule has 1 heterocycles. The predicted molar refractivity (Wildman–Crippen MR) is 133 cm³/mol. The Hall–Kier alpha value is -2.84. The molecule has 35 heavy (non-hydrogen) atoms. The van der Waals surface area contributed by atoms with Gasteiger partial charge in [0.2, 0.25) is 11.8 Å². The van der Waals surface area contributed by atoms with Crippen LogP contribution in [0.5, 0.6) is 0 Å². The highest BCUT2D eigenvalue weighted by atomic mass is 16.5. The summed E-state index contributed by atoms with van der Waals surface area (Å²) in [5.74, 6) is -1.68. The number of allylic oxidation sites excluding steroid dienone is 5. The quantitative estimate of drug-likeness (QED) is 0.105. The normalized spacial score (nSPS) is 18.7. The van der Waals surface area contributed by atoms with E-state index in [-0.39, 0.29) is 29.4 Å². The lowest BCUT2D eigenvalue weighted by molar-refractivity contribution is -0.135. The molecule has 1 aliphatic heterocycles. The van der Waals surface area contributed by atoms with Crippen LogP contribution in [-0.2, 0) is 23.9 Å². The zero-order chi connectivity index (χ0) is 26.4. The van der Waals surface area contributed by atoms with Crippen molar-refractivity contribution in [1.82, 2.24) is 5.32 Å². The Morgan fingerprint density at radius 2 is 1.77 bits per heavy atom. The number of carboxylic acids is 1. The Morgan fingerprint density at radius 1 is 1.14 bits per heavy atom. The molecule has 0 saturated carbocycles. The fourth-order valence-corrected chi connectivity index (χ4v) is 4.03. The number of aliphatic hydroxyl groups is 1.